The van der Waals surface area contributed by atoms with Crippen molar-refractivity contribution >= 4 is 6.03 Å². The molecule has 1 fully saturated rings. The SMILES string of the molecule is CC(C)NC(=O)N1CCC(C)C(C)C1. The first-order valence-corrected chi connectivity index (χ1v) is 5.56. The molecule has 1 rings (SSSR count). The lowest BCUT2D eigenvalue weighted by molar-refractivity contribution is 0.143. The third-order valence-corrected chi connectivity index (χ3v) is 3.03. The minimum atomic E-state index is 0.0961. The molecule has 2 unspecified atom stereocenters. The van der Waals surface area contributed by atoms with Crippen LogP contribution in [0.2, 0.25) is 0 Å². The Bertz CT molecular complexity index is 203. The number of rotatable bonds is 1. The molecular weight excluding hydrogens is 176 g/mol. The van der Waals surface area contributed by atoms with Crippen LogP contribution in [0.3, 0.4) is 0 Å². The van der Waals surface area contributed by atoms with E-state index < -0.39 is 0 Å². The molecule has 14 heavy (non-hydrogen) atoms. The van der Waals surface area contributed by atoms with Gasteiger partial charge in [-0.1, -0.05) is 13.8 Å². The highest BCUT2D eigenvalue weighted by molar-refractivity contribution is 5.74. The van der Waals surface area contributed by atoms with Gasteiger partial charge in [-0.25, -0.2) is 4.79 Å². The highest BCUT2D eigenvalue weighted by Gasteiger charge is 2.25. The van der Waals surface area contributed by atoms with E-state index in [1.54, 1.807) is 0 Å². The molecule has 0 aromatic carbocycles. The van der Waals surface area contributed by atoms with E-state index in [9.17, 15) is 4.79 Å². The van der Waals surface area contributed by atoms with Gasteiger partial charge in [-0.05, 0) is 32.1 Å². The second-order valence-corrected chi connectivity index (χ2v) is 4.79. The third kappa shape index (κ3) is 2.89. The predicted molar refractivity (Wildman–Crippen MR) is 58.2 cm³/mol. The van der Waals surface area contributed by atoms with E-state index in [2.05, 4.69) is 19.2 Å². The van der Waals surface area contributed by atoms with E-state index in [-0.39, 0.29) is 12.1 Å². The Morgan fingerprint density at radius 1 is 1.36 bits per heavy atom. The Morgan fingerprint density at radius 2 is 2.00 bits per heavy atom. The van der Waals surface area contributed by atoms with E-state index in [0.29, 0.717) is 5.92 Å². The zero-order chi connectivity index (χ0) is 10.7. The van der Waals surface area contributed by atoms with Crippen molar-refractivity contribution in [3.8, 4) is 0 Å². The predicted octanol–water partition coefficient (Wildman–Crippen LogP) is 2.08. The molecule has 2 amide bonds. The van der Waals surface area contributed by atoms with Crippen molar-refractivity contribution in [1.82, 2.24) is 10.2 Å². The average molecular weight is 198 g/mol. The molecule has 0 aromatic heterocycles. The van der Waals surface area contributed by atoms with Crippen LogP contribution in [0.5, 0.6) is 0 Å². The third-order valence-electron chi connectivity index (χ3n) is 3.03. The molecular formula is C11H22N2O. The second-order valence-electron chi connectivity index (χ2n) is 4.79. The molecule has 0 aromatic rings. The average Bonchev–Trinajstić information content (AvgIpc) is 2.08. The van der Waals surface area contributed by atoms with Crippen LogP contribution < -0.4 is 5.32 Å². The zero-order valence-electron chi connectivity index (χ0n) is 9.71. The van der Waals surface area contributed by atoms with E-state index in [0.717, 1.165) is 25.4 Å². The van der Waals surface area contributed by atoms with Crippen LogP contribution in [0.15, 0.2) is 0 Å². The van der Waals surface area contributed by atoms with Crippen LogP contribution >= 0.6 is 0 Å². The smallest absolute Gasteiger partial charge is 0.317 e. The molecule has 1 aliphatic rings. The van der Waals surface area contributed by atoms with Gasteiger partial charge in [0.25, 0.3) is 0 Å². The number of piperidine rings is 1. The molecule has 3 nitrogen and oxygen atoms in total. The van der Waals surface area contributed by atoms with Crippen LogP contribution in [-0.4, -0.2) is 30.1 Å². The van der Waals surface area contributed by atoms with E-state index in [1.165, 1.54) is 0 Å². The number of nitrogens with zero attached hydrogens (tertiary/aromatic N) is 1. The summed E-state index contributed by atoms with van der Waals surface area (Å²) >= 11 is 0. The van der Waals surface area contributed by atoms with E-state index >= 15 is 0 Å². The maximum atomic E-state index is 11.7. The summed E-state index contributed by atoms with van der Waals surface area (Å²) in [5.41, 5.74) is 0. The van der Waals surface area contributed by atoms with Gasteiger partial charge in [0.1, 0.15) is 0 Å². The monoisotopic (exact) mass is 198 g/mol. The van der Waals surface area contributed by atoms with Crippen LogP contribution in [0, 0.1) is 11.8 Å². The highest BCUT2D eigenvalue weighted by Crippen LogP contribution is 2.22. The number of amides is 2. The van der Waals surface area contributed by atoms with Gasteiger partial charge >= 0.3 is 6.03 Å². The van der Waals surface area contributed by atoms with E-state index in [1.807, 2.05) is 18.7 Å². The topological polar surface area (TPSA) is 32.3 Å². The quantitative estimate of drug-likeness (QED) is 0.687. The molecule has 3 heteroatoms. The summed E-state index contributed by atoms with van der Waals surface area (Å²) in [6.45, 7) is 10.3. The zero-order valence-corrected chi connectivity index (χ0v) is 9.71. The van der Waals surface area contributed by atoms with Gasteiger partial charge in [0, 0.05) is 19.1 Å². The summed E-state index contributed by atoms with van der Waals surface area (Å²) in [6.07, 6.45) is 1.13. The first-order valence-electron chi connectivity index (χ1n) is 5.56. The molecule has 0 aliphatic carbocycles. The van der Waals surface area contributed by atoms with Crippen molar-refractivity contribution in [2.45, 2.75) is 40.2 Å². The molecule has 0 saturated carbocycles. The summed E-state index contributed by atoms with van der Waals surface area (Å²) < 4.78 is 0. The fraction of sp³-hybridized carbons (Fsp3) is 0.909. The Kier molecular flexibility index (Phi) is 3.78. The fourth-order valence-corrected chi connectivity index (χ4v) is 1.79. The number of hydrogen-bond acceptors (Lipinski definition) is 1. The molecule has 2 atom stereocenters. The minimum absolute atomic E-state index is 0.0961. The van der Waals surface area contributed by atoms with Crippen molar-refractivity contribution < 1.29 is 4.79 Å². The summed E-state index contributed by atoms with van der Waals surface area (Å²) in [4.78, 5) is 13.6. The Hall–Kier alpha value is -0.730. The van der Waals surface area contributed by atoms with Crippen LogP contribution in [0.1, 0.15) is 34.1 Å². The van der Waals surface area contributed by atoms with E-state index in [4.69, 9.17) is 0 Å². The Morgan fingerprint density at radius 3 is 2.50 bits per heavy atom. The van der Waals surface area contributed by atoms with Gasteiger partial charge in [-0.15, -0.1) is 0 Å². The number of carbonyl (C=O) groups excluding carboxylic acids is 1. The normalized spacial score (nSPS) is 27.9. The second kappa shape index (κ2) is 4.67. The summed E-state index contributed by atoms with van der Waals surface area (Å²) in [5.74, 6) is 1.37. The number of likely N-dealkylation sites (tertiary alicyclic amines) is 1. The summed E-state index contributed by atoms with van der Waals surface area (Å²) in [5, 5.41) is 2.93. The van der Waals surface area contributed by atoms with Crippen molar-refractivity contribution in [2.75, 3.05) is 13.1 Å². The van der Waals surface area contributed by atoms with Gasteiger partial charge in [0.05, 0.1) is 0 Å². The van der Waals surface area contributed by atoms with Crippen LogP contribution in [0.4, 0.5) is 4.79 Å². The van der Waals surface area contributed by atoms with Crippen LogP contribution in [-0.2, 0) is 0 Å². The van der Waals surface area contributed by atoms with Crippen molar-refractivity contribution in [3.63, 3.8) is 0 Å². The number of nitrogens with one attached hydrogen (secondary N) is 1. The lowest BCUT2D eigenvalue weighted by Crippen LogP contribution is -2.48. The Labute approximate surface area is 86.9 Å². The lowest BCUT2D eigenvalue weighted by Gasteiger charge is -2.35. The molecule has 1 aliphatic heterocycles. The first-order chi connectivity index (χ1) is 6.50. The maximum absolute atomic E-state index is 11.7. The van der Waals surface area contributed by atoms with Crippen molar-refractivity contribution in [1.29, 1.82) is 0 Å². The molecule has 0 radical (unpaired) electrons. The van der Waals surface area contributed by atoms with Gasteiger partial charge in [0.2, 0.25) is 0 Å². The van der Waals surface area contributed by atoms with Crippen molar-refractivity contribution in [2.24, 2.45) is 11.8 Å². The van der Waals surface area contributed by atoms with Gasteiger partial charge < -0.3 is 10.2 Å². The minimum Gasteiger partial charge on any atom is -0.336 e. The van der Waals surface area contributed by atoms with Crippen molar-refractivity contribution in [3.05, 3.63) is 0 Å². The molecule has 1 saturated heterocycles. The molecule has 1 heterocycles. The summed E-state index contributed by atoms with van der Waals surface area (Å²) in [7, 11) is 0. The van der Waals surface area contributed by atoms with Crippen LogP contribution in [0.25, 0.3) is 0 Å². The summed E-state index contributed by atoms with van der Waals surface area (Å²) in [6, 6.07) is 0.330. The van der Waals surface area contributed by atoms with Gasteiger partial charge in [-0.2, -0.15) is 0 Å². The highest BCUT2D eigenvalue weighted by atomic mass is 16.2. The fourth-order valence-electron chi connectivity index (χ4n) is 1.79. The van der Waals surface area contributed by atoms with Gasteiger partial charge in [0.15, 0.2) is 0 Å². The largest absolute Gasteiger partial charge is 0.336 e. The molecule has 0 bridgehead atoms. The number of carbonyl (C=O) groups is 1. The van der Waals surface area contributed by atoms with Gasteiger partial charge in [-0.3, -0.25) is 0 Å². The molecule has 0 spiro atoms. The standard InChI is InChI=1S/C11H22N2O/c1-8(2)12-11(14)13-6-5-9(3)10(4)7-13/h8-10H,5-7H2,1-4H3,(H,12,14). The first kappa shape index (κ1) is 11.3. The molecule has 82 valence electrons. The lowest BCUT2D eigenvalue weighted by atomic mass is 9.89. The Balaban J connectivity index is 2.42. The maximum Gasteiger partial charge on any atom is 0.317 e. The number of urea groups is 1. The molecule has 1 N–H and O–H groups in total. The number of hydrogen-bond donors (Lipinski definition) is 1.